The number of H-pyrrole nitrogens is 1. The van der Waals surface area contributed by atoms with E-state index in [-0.39, 0.29) is 16.5 Å². The predicted octanol–water partition coefficient (Wildman–Crippen LogP) is 3.33. The highest BCUT2D eigenvalue weighted by Gasteiger charge is 2.48. The number of nitrogens with zero attached hydrogens (tertiary/aromatic N) is 3. The van der Waals surface area contributed by atoms with Gasteiger partial charge >= 0.3 is 6.18 Å². The Morgan fingerprint density at radius 2 is 1.93 bits per heavy atom. The molecular formula is C19H19F3N4O2. The van der Waals surface area contributed by atoms with Gasteiger partial charge in [-0.2, -0.15) is 18.3 Å². The molecule has 1 aliphatic rings. The van der Waals surface area contributed by atoms with Gasteiger partial charge in [-0.15, -0.1) is 0 Å². The van der Waals surface area contributed by atoms with Gasteiger partial charge in [-0.1, -0.05) is 19.1 Å². The maximum atomic E-state index is 12.9. The number of hydrogen-bond donors (Lipinski definition) is 2. The number of aromatic nitrogens is 4. The first-order valence-electron chi connectivity index (χ1n) is 8.90. The molecule has 0 amide bonds. The number of aryl methyl sites for hydroxylation is 1. The molecule has 2 N–H and O–H groups in total. The fourth-order valence-electron chi connectivity index (χ4n) is 3.68. The van der Waals surface area contributed by atoms with Gasteiger partial charge in [0.05, 0.1) is 18.2 Å². The Labute approximate surface area is 158 Å². The van der Waals surface area contributed by atoms with Crippen LogP contribution in [-0.4, -0.2) is 24.9 Å². The topological polar surface area (TPSA) is 83.8 Å². The van der Waals surface area contributed by atoms with E-state index in [1.807, 2.05) is 6.92 Å². The van der Waals surface area contributed by atoms with Crippen molar-refractivity contribution in [1.82, 2.24) is 19.7 Å². The largest absolute Gasteiger partial charge is 0.416 e. The van der Waals surface area contributed by atoms with Crippen molar-refractivity contribution in [3.05, 3.63) is 57.3 Å². The van der Waals surface area contributed by atoms with Crippen LogP contribution in [0.5, 0.6) is 0 Å². The first kappa shape index (κ1) is 18.7. The SMILES string of the molecule is Cc1nc2c(c(CO)nn2[C@H](c2ccc(C(F)(F)F)cc2)C2(C)CC2)c(=O)[nH]1. The molecule has 1 saturated carbocycles. The second kappa shape index (κ2) is 6.16. The van der Waals surface area contributed by atoms with Crippen molar-refractivity contribution in [2.75, 3.05) is 0 Å². The minimum atomic E-state index is -4.41. The molecule has 1 atom stereocenters. The molecule has 0 unspecified atom stereocenters. The quantitative estimate of drug-likeness (QED) is 0.713. The van der Waals surface area contributed by atoms with Gasteiger partial charge in [0.1, 0.15) is 16.9 Å². The standard InChI is InChI=1S/C19H19F3N4O2/c1-10-23-16-14(17(28)24-10)13(9-27)25-26(16)15(18(2)7-8-18)11-3-5-12(6-4-11)19(20,21)22/h3-6,15,27H,7-9H2,1-2H3,(H,23,24,28)/t15-/m1/s1. The highest BCUT2D eigenvalue weighted by Crippen LogP contribution is 2.56. The molecule has 1 fully saturated rings. The summed E-state index contributed by atoms with van der Waals surface area (Å²) in [6, 6.07) is 4.61. The van der Waals surface area contributed by atoms with Crippen molar-refractivity contribution < 1.29 is 18.3 Å². The third-order valence-electron chi connectivity index (χ3n) is 5.40. The first-order chi connectivity index (χ1) is 13.1. The number of aliphatic hydroxyl groups excluding tert-OH is 1. The monoisotopic (exact) mass is 392 g/mol. The summed E-state index contributed by atoms with van der Waals surface area (Å²) >= 11 is 0. The summed E-state index contributed by atoms with van der Waals surface area (Å²) in [5.41, 5.74) is -0.161. The van der Waals surface area contributed by atoms with E-state index in [4.69, 9.17) is 0 Å². The van der Waals surface area contributed by atoms with Crippen LogP contribution in [0.3, 0.4) is 0 Å². The zero-order chi connectivity index (χ0) is 20.3. The van der Waals surface area contributed by atoms with E-state index in [2.05, 4.69) is 15.1 Å². The van der Waals surface area contributed by atoms with Crippen LogP contribution in [0, 0.1) is 12.3 Å². The number of fused-ring (bicyclic) bond motifs is 1. The van der Waals surface area contributed by atoms with E-state index in [0.717, 1.165) is 25.0 Å². The number of nitrogens with one attached hydrogen (secondary N) is 1. The molecule has 2 heterocycles. The van der Waals surface area contributed by atoms with E-state index in [0.29, 0.717) is 17.0 Å². The zero-order valence-corrected chi connectivity index (χ0v) is 15.3. The number of alkyl halides is 3. The fourth-order valence-corrected chi connectivity index (χ4v) is 3.68. The molecule has 0 spiro atoms. The average Bonchev–Trinajstić information content (AvgIpc) is 3.25. The van der Waals surface area contributed by atoms with Crippen LogP contribution in [-0.2, 0) is 12.8 Å². The predicted molar refractivity (Wildman–Crippen MR) is 95.7 cm³/mol. The van der Waals surface area contributed by atoms with Gasteiger partial charge in [0.2, 0.25) is 0 Å². The minimum absolute atomic E-state index is 0.199. The maximum absolute atomic E-state index is 12.9. The smallest absolute Gasteiger partial charge is 0.390 e. The van der Waals surface area contributed by atoms with Gasteiger partial charge in [-0.05, 0) is 42.9 Å². The Kier molecular flexibility index (Phi) is 4.11. The van der Waals surface area contributed by atoms with Crippen molar-refractivity contribution in [1.29, 1.82) is 0 Å². The molecule has 0 radical (unpaired) electrons. The number of benzene rings is 1. The Morgan fingerprint density at radius 1 is 1.29 bits per heavy atom. The third kappa shape index (κ3) is 2.99. The van der Waals surface area contributed by atoms with Crippen LogP contribution in [0.2, 0.25) is 0 Å². The lowest BCUT2D eigenvalue weighted by atomic mass is 9.91. The zero-order valence-electron chi connectivity index (χ0n) is 15.3. The minimum Gasteiger partial charge on any atom is -0.390 e. The highest BCUT2D eigenvalue weighted by atomic mass is 19.4. The van der Waals surface area contributed by atoms with Crippen LogP contribution >= 0.6 is 0 Å². The Balaban J connectivity index is 1.92. The normalized spacial score (nSPS) is 17.1. The van der Waals surface area contributed by atoms with Crippen LogP contribution in [0.15, 0.2) is 29.1 Å². The molecule has 0 saturated heterocycles. The molecule has 3 aromatic rings. The van der Waals surface area contributed by atoms with Gasteiger partial charge in [-0.25, -0.2) is 9.67 Å². The number of halogens is 3. The molecule has 6 nitrogen and oxygen atoms in total. The molecule has 4 rings (SSSR count). The van der Waals surface area contributed by atoms with E-state index < -0.39 is 29.9 Å². The highest BCUT2D eigenvalue weighted by molar-refractivity contribution is 5.77. The Morgan fingerprint density at radius 3 is 2.46 bits per heavy atom. The van der Waals surface area contributed by atoms with E-state index in [1.54, 1.807) is 11.6 Å². The lowest BCUT2D eigenvalue weighted by Crippen LogP contribution is -2.22. The second-order valence-electron chi connectivity index (χ2n) is 7.58. The summed E-state index contributed by atoms with van der Waals surface area (Å²) in [6.07, 6.45) is -2.67. The average molecular weight is 392 g/mol. The Hall–Kier alpha value is -2.68. The molecule has 9 heteroatoms. The molecule has 1 aromatic carbocycles. The first-order valence-corrected chi connectivity index (χ1v) is 8.90. The van der Waals surface area contributed by atoms with Crippen molar-refractivity contribution in [2.45, 2.75) is 45.5 Å². The molecule has 148 valence electrons. The molecule has 2 aromatic heterocycles. The number of hydrogen-bond acceptors (Lipinski definition) is 4. The van der Waals surface area contributed by atoms with Gasteiger partial charge in [0.25, 0.3) is 5.56 Å². The van der Waals surface area contributed by atoms with Crippen molar-refractivity contribution >= 4 is 11.0 Å². The summed E-state index contributed by atoms with van der Waals surface area (Å²) in [4.78, 5) is 19.4. The van der Waals surface area contributed by atoms with Gasteiger partial charge in [-0.3, -0.25) is 4.79 Å². The number of rotatable bonds is 4. The second-order valence-corrected chi connectivity index (χ2v) is 7.58. The van der Waals surface area contributed by atoms with Gasteiger partial charge in [0.15, 0.2) is 5.65 Å². The fraction of sp³-hybridized carbons (Fsp3) is 0.421. The molecular weight excluding hydrogens is 373 g/mol. The van der Waals surface area contributed by atoms with E-state index in [1.165, 1.54) is 12.1 Å². The summed E-state index contributed by atoms with van der Waals surface area (Å²) in [6.45, 7) is 3.23. The summed E-state index contributed by atoms with van der Waals surface area (Å²) in [5, 5.41) is 14.3. The lowest BCUT2D eigenvalue weighted by Gasteiger charge is -2.25. The summed E-state index contributed by atoms with van der Waals surface area (Å²) in [7, 11) is 0. The van der Waals surface area contributed by atoms with Crippen LogP contribution < -0.4 is 5.56 Å². The van der Waals surface area contributed by atoms with Crippen LogP contribution in [0.1, 0.15) is 48.5 Å². The Bertz CT molecular complexity index is 1100. The van der Waals surface area contributed by atoms with E-state index >= 15 is 0 Å². The van der Waals surface area contributed by atoms with Crippen molar-refractivity contribution in [2.24, 2.45) is 5.41 Å². The van der Waals surface area contributed by atoms with Crippen molar-refractivity contribution in [3.63, 3.8) is 0 Å². The molecule has 1 aliphatic carbocycles. The van der Waals surface area contributed by atoms with Crippen molar-refractivity contribution in [3.8, 4) is 0 Å². The van der Waals surface area contributed by atoms with E-state index in [9.17, 15) is 23.1 Å². The number of aliphatic hydroxyl groups is 1. The van der Waals surface area contributed by atoms with Gasteiger partial charge in [0, 0.05) is 0 Å². The molecule has 0 aliphatic heterocycles. The number of aromatic amines is 1. The molecule has 28 heavy (non-hydrogen) atoms. The summed E-state index contributed by atoms with van der Waals surface area (Å²) < 4.78 is 40.4. The van der Waals surface area contributed by atoms with Crippen LogP contribution in [0.25, 0.3) is 11.0 Å². The summed E-state index contributed by atoms with van der Waals surface area (Å²) in [5.74, 6) is 0.398. The lowest BCUT2D eigenvalue weighted by molar-refractivity contribution is -0.137. The molecule has 0 bridgehead atoms. The third-order valence-corrected chi connectivity index (χ3v) is 5.40. The van der Waals surface area contributed by atoms with Crippen LogP contribution in [0.4, 0.5) is 13.2 Å². The van der Waals surface area contributed by atoms with Gasteiger partial charge < -0.3 is 10.1 Å². The maximum Gasteiger partial charge on any atom is 0.416 e.